The molecule has 3 aromatic rings. The third-order valence-electron chi connectivity index (χ3n) is 5.14. The van der Waals surface area contributed by atoms with Gasteiger partial charge in [-0.2, -0.15) is 0 Å². The van der Waals surface area contributed by atoms with Gasteiger partial charge in [-0.1, -0.05) is 13.0 Å². The zero-order chi connectivity index (χ0) is 19.5. The zero-order valence-corrected chi connectivity index (χ0v) is 17.8. The van der Waals surface area contributed by atoms with E-state index in [4.69, 9.17) is 4.42 Å². The molecule has 28 heavy (non-hydrogen) atoms. The van der Waals surface area contributed by atoms with E-state index in [0.717, 1.165) is 37.6 Å². The van der Waals surface area contributed by atoms with Crippen LogP contribution in [0.5, 0.6) is 0 Å². The summed E-state index contributed by atoms with van der Waals surface area (Å²) in [5.41, 5.74) is 1.19. The third kappa shape index (κ3) is 4.07. The summed E-state index contributed by atoms with van der Waals surface area (Å²) in [5, 5.41) is 6.17. The largest absolute Gasteiger partial charge is 0.459 e. The minimum atomic E-state index is -0.195. The molecule has 5 nitrogen and oxygen atoms in total. The maximum atomic E-state index is 12.6. The summed E-state index contributed by atoms with van der Waals surface area (Å²) in [7, 11) is 2.17. The van der Waals surface area contributed by atoms with Gasteiger partial charge in [-0.3, -0.25) is 9.69 Å². The fraction of sp³-hybridized carbons (Fsp3) is 0.381. The van der Waals surface area contributed by atoms with Gasteiger partial charge in [0.05, 0.1) is 12.3 Å². The number of carbonyl (C=O) groups excluding carboxylic acids is 1. The number of hydrogen-bond donors (Lipinski definition) is 1. The summed E-state index contributed by atoms with van der Waals surface area (Å²) in [6.07, 6.45) is 2.48. The Morgan fingerprint density at radius 2 is 2.07 bits per heavy atom. The summed E-state index contributed by atoms with van der Waals surface area (Å²) >= 11 is 3.45. The van der Waals surface area contributed by atoms with Crippen molar-refractivity contribution < 1.29 is 9.21 Å². The quantitative estimate of drug-likeness (QED) is 0.641. The summed E-state index contributed by atoms with van der Waals surface area (Å²) < 4.78 is 5.28. The van der Waals surface area contributed by atoms with Crippen molar-refractivity contribution in [2.45, 2.75) is 19.4 Å². The van der Waals surface area contributed by atoms with Crippen LogP contribution in [0.25, 0.3) is 0 Å². The second-order valence-electron chi connectivity index (χ2n) is 7.04. The molecule has 0 spiro atoms. The number of hydrogen-bond acceptors (Lipinski definition) is 6. The molecule has 1 atom stereocenters. The Morgan fingerprint density at radius 3 is 2.71 bits per heavy atom. The molecule has 0 bridgehead atoms. The standard InChI is InChI=1S/C21H25N3O2S2/c1-3-15-14-16(21(28-15)22-20(25)17-6-4-12-26-17)19(18-7-5-13-27-18)24-10-8-23(2)9-11-24/h4-7,12-14,19H,3,8-11H2,1-2H3,(H,22,25)/t19-/m0/s1. The van der Waals surface area contributed by atoms with Crippen LogP contribution >= 0.6 is 22.7 Å². The number of thiophene rings is 2. The minimum Gasteiger partial charge on any atom is -0.459 e. The van der Waals surface area contributed by atoms with Crippen LogP contribution < -0.4 is 5.32 Å². The Morgan fingerprint density at radius 1 is 1.25 bits per heavy atom. The monoisotopic (exact) mass is 415 g/mol. The Bertz CT molecular complexity index is 894. The molecule has 0 aromatic carbocycles. The van der Waals surface area contributed by atoms with Gasteiger partial charge in [-0.05, 0) is 43.1 Å². The first-order valence-corrected chi connectivity index (χ1v) is 11.3. The van der Waals surface area contributed by atoms with E-state index in [2.05, 4.69) is 52.7 Å². The predicted octanol–water partition coefficient (Wildman–Crippen LogP) is 4.55. The second kappa shape index (κ2) is 8.61. The second-order valence-corrected chi connectivity index (χ2v) is 9.16. The van der Waals surface area contributed by atoms with E-state index < -0.39 is 0 Å². The predicted molar refractivity (Wildman–Crippen MR) is 116 cm³/mol. The maximum Gasteiger partial charge on any atom is 0.291 e. The number of nitrogens with zero attached hydrogens (tertiary/aromatic N) is 2. The number of anilines is 1. The van der Waals surface area contributed by atoms with Crippen molar-refractivity contribution in [3.05, 3.63) is 63.1 Å². The molecular weight excluding hydrogens is 390 g/mol. The van der Waals surface area contributed by atoms with Crippen molar-refractivity contribution in [2.24, 2.45) is 0 Å². The van der Waals surface area contributed by atoms with E-state index in [1.807, 2.05) is 0 Å². The number of likely N-dealkylation sites (N-methyl/N-ethyl adjacent to an activating group) is 1. The van der Waals surface area contributed by atoms with Gasteiger partial charge < -0.3 is 14.6 Å². The Hall–Kier alpha value is -1.93. The van der Waals surface area contributed by atoms with Crippen LogP contribution in [0.2, 0.25) is 0 Å². The number of rotatable bonds is 6. The fourth-order valence-corrected chi connectivity index (χ4v) is 5.46. The Labute approximate surface area is 173 Å². The lowest BCUT2D eigenvalue weighted by Gasteiger charge is -2.37. The van der Waals surface area contributed by atoms with E-state index in [1.54, 1.807) is 34.8 Å². The van der Waals surface area contributed by atoms with Crippen LogP contribution in [0, 0.1) is 0 Å². The smallest absolute Gasteiger partial charge is 0.291 e. The van der Waals surface area contributed by atoms with Crippen molar-refractivity contribution in [1.29, 1.82) is 0 Å². The van der Waals surface area contributed by atoms with Gasteiger partial charge in [0.2, 0.25) is 0 Å². The van der Waals surface area contributed by atoms with Crippen LogP contribution in [0.4, 0.5) is 5.00 Å². The Kier molecular flexibility index (Phi) is 5.96. The average Bonchev–Trinajstić information content (AvgIpc) is 3.46. The van der Waals surface area contributed by atoms with Crippen molar-refractivity contribution in [1.82, 2.24) is 9.80 Å². The van der Waals surface area contributed by atoms with Crippen LogP contribution in [-0.2, 0) is 6.42 Å². The van der Waals surface area contributed by atoms with Crippen molar-refractivity contribution >= 4 is 33.6 Å². The molecule has 0 unspecified atom stereocenters. The van der Waals surface area contributed by atoms with Gasteiger partial charge in [0.15, 0.2) is 5.76 Å². The highest BCUT2D eigenvalue weighted by molar-refractivity contribution is 7.16. The molecule has 1 saturated heterocycles. The highest BCUT2D eigenvalue weighted by Gasteiger charge is 2.30. The molecule has 148 valence electrons. The Balaban J connectivity index is 1.69. The van der Waals surface area contributed by atoms with E-state index in [1.165, 1.54) is 21.6 Å². The number of aryl methyl sites for hydroxylation is 1. The van der Waals surface area contributed by atoms with Gasteiger partial charge in [0.1, 0.15) is 5.00 Å². The molecule has 1 aliphatic rings. The van der Waals surface area contributed by atoms with Gasteiger partial charge >= 0.3 is 0 Å². The lowest BCUT2D eigenvalue weighted by molar-refractivity contribution is 0.0996. The molecule has 1 amide bonds. The van der Waals surface area contributed by atoms with E-state index in [0.29, 0.717) is 5.76 Å². The molecule has 1 fully saturated rings. The van der Waals surface area contributed by atoms with Crippen LogP contribution in [0.1, 0.15) is 38.8 Å². The molecule has 7 heteroatoms. The number of furan rings is 1. The lowest BCUT2D eigenvalue weighted by Crippen LogP contribution is -2.46. The summed E-state index contributed by atoms with van der Waals surface area (Å²) in [6, 6.07) is 10.2. The highest BCUT2D eigenvalue weighted by Crippen LogP contribution is 2.41. The van der Waals surface area contributed by atoms with Crippen molar-refractivity contribution in [3.63, 3.8) is 0 Å². The summed E-state index contributed by atoms with van der Waals surface area (Å²) in [4.78, 5) is 20.1. The molecule has 0 saturated carbocycles. The summed E-state index contributed by atoms with van der Waals surface area (Å²) in [6.45, 7) is 6.30. The third-order valence-corrected chi connectivity index (χ3v) is 7.28. The molecular formula is C21H25N3O2S2. The van der Waals surface area contributed by atoms with Gasteiger partial charge in [0, 0.05) is 41.5 Å². The fourth-order valence-electron chi connectivity index (χ4n) is 3.56. The highest BCUT2D eigenvalue weighted by atomic mass is 32.1. The maximum absolute atomic E-state index is 12.6. The minimum absolute atomic E-state index is 0.164. The number of amides is 1. The molecule has 1 N–H and O–H groups in total. The molecule has 3 aromatic heterocycles. The zero-order valence-electron chi connectivity index (χ0n) is 16.2. The first-order valence-electron chi connectivity index (χ1n) is 9.59. The van der Waals surface area contributed by atoms with E-state index >= 15 is 0 Å². The molecule has 0 radical (unpaired) electrons. The molecule has 4 rings (SSSR count). The molecule has 0 aliphatic carbocycles. The normalized spacial score (nSPS) is 16.9. The summed E-state index contributed by atoms with van der Waals surface area (Å²) in [5.74, 6) is 0.142. The van der Waals surface area contributed by atoms with Crippen LogP contribution in [0.15, 0.2) is 46.4 Å². The van der Waals surface area contributed by atoms with Gasteiger partial charge in [-0.25, -0.2) is 0 Å². The van der Waals surface area contributed by atoms with Crippen molar-refractivity contribution in [3.8, 4) is 0 Å². The van der Waals surface area contributed by atoms with Crippen LogP contribution in [-0.4, -0.2) is 48.9 Å². The van der Waals surface area contributed by atoms with Gasteiger partial charge in [0.25, 0.3) is 5.91 Å². The molecule has 4 heterocycles. The van der Waals surface area contributed by atoms with E-state index in [9.17, 15) is 4.79 Å². The van der Waals surface area contributed by atoms with Gasteiger partial charge in [-0.15, -0.1) is 22.7 Å². The SMILES string of the molecule is CCc1cc([C@@H](c2cccs2)N2CCN(C)CC2)c(NC(=O)c2ccco2)s1. The lowest BCUT2D eigenvalue weighted by atomic mass is 10.0. The number of nitrogens with one attached hydrogen (secondary N) is 1. The first kappa shape index (κ1) is 19.4. The van der Waals surface area contributed by atoms with Crippen LogP contribution in [0.3, 0.4) is 0 Å². The number of carbonyl (C=O) groups is 1. The first-order chi connectivity index (χ1) is 13.7. The number of piperazine rings is 1. The topological polar surface area (TPSA) is 48.7 Å². The van der Waals surface area contributed by atoms with E-state index in [-0.39, 0.29) is 11.9 Å². The van der Waals surface area contributed by atoms with Crippen molar-refractivity contribution in [2.75, 3.05) is 38.5 Å². The average molecular weight is 416 g/mol. The molecule has 1 aliphatic heterocycles.